The zero-order valence-electron chi connectivity index (χ0n) is 10.3. The predicted octanol–water partition coefficient (Wildman–Crippen LogP) is 0.600. The number of nitrogens with one attached hydrogen (secondary N) is 2. The number of benzene rings is 1. The topological polar surface area (TPSA) is 101 Å². The Bertz CT molecular complexity index is 490. The molecule has 0 amide bonds. The lowest BCUT2D eigenvalue weighted by Gasteiger charge is -2.08. The second-order valence-electron chi connectivity index (χ2n) is 3.50. The van der Waals surface area contributed by atoms with E-state index in [0.29, 0.717) is 10.8 Å². The van der Waals surface area contributed by atoms with Gasteiger partial charge >= 0.3 is 0 Å². The summed E-state index contributed by atoms with van der Waals surface area (Å²) >= 11 is 5.02. The molecule has 96 valence electrons. The molecule has 0 radical (unpaired) electrons. The highest BCUT2D eigenvalue weighted by atomic mass is 32.1. The van der Waals surface area contributed by atoms with Gasteiger partial charge in [-0.2, -0.15) is 5.10 Å². The van der Waals surface area contributed by atoms with Crippen LogP contribution in [0, 0.1) is 0 Å². The SMILES string of the molecule is CNC(=S)Nc1cccc(C(C)=NN=C(N)N)c1. The van der Waals surface area contributed by atoms with Crippen LogP contribution in [0.1, 0.15) is 12.5 Å². The van der Waals surface area contributed by atoms with Gasteiger partial charge in [0.15, 0.2) is 5.11 Å². The van der Waals surface area contributed by atoms with E-state index in [1.54, 1.807) is 7.05 Å². The first-order valence-corrected chi connectivity index (χ1v) is 5.66. The van der Waals surface area contributed by atoms with Gasteiger partial charge in [-0.3, -0.25) is 0 Å². The van der Waals surface area contributed by atoms with E-state index in [9.17, 15) is 0 Å². The lowest BCUT2D eigenvalue weighted by atomic mass is 10.1. The van der Waals surface area contributed by atoms with Crippen molar-refractivity contribution < 1.29 is 0 Å². The van der Waals surface area contributed by atoms with Crippen LogP contribution in [0.3, 0.4) is 0 Å². The lowest BCUT2D eigenvalue weighted by molar-refractivity contribution is 1.19. The molecule has 0 unspecified atom stereocenters. The van der Waals surface area contributed by atoms with Crippen molar-refractivity contribution in [1.29, 1.82) is 0 Å². The minimum Gasteiger partial charge on any atom is -0.369 e. The summed E-state index contributed by atoms with van der Waals surface area (Å²) in [4.78, 5) is 0. The van der Waals surface area contributed by atoms with Gasteiger partial charge < -0.3 is 22.1 Å². The van der Waals surface area contributed by atoms with E-state index in [-0.39, 0.29) is 5.96 Å². The first kappa shape index (κ1) is 13.9. The molecule has 0 aliphatic heterocycles. The Morgan fingerprint density at radius 3 is 2.61 bits per heavy atom. The van der Waals surface area contributed by atoms with Crippen LogP contribution in [-0.4, -0.2) is 23.8 Å². The number of hydrogen-bond donors (Lipinski definition) is 4. The van der Waals surface area contributed by atoms with Crippen LogP contribution in [0.5, 0.6) is 0 Å². The molecule has 0 atom stereocenters. The lowest BCUT2D eigenvalue weighted by Crippen LogP contribution is -2.24. The van der Waals surface area contributed by atoms with E-state index in [1.807, 2.05) is 31.2 Å². The standard InChI is InChI=1S/C11H16N6S/c1-7(16-17-10(12)13)8-4-3-5-9(6-8)15-11(18)14-2/h3-6H,1-2H3,(H4,12,13,17)(H2,14,15,18). The van der Waals surface area contributed by atoms with Crippen LogP contribution >= 0.6 is 12.2 Å². The molecule has 0 saturated carbocycles. The Morgan fingerprint density at radius 1 is 1.28 bits per heavy atom. The van der Waals surface area contributed by atoms with E-state index in [0.717, 1.165) is 11.3 Å². The van der Waals surface area contributed by atoms with Gasteiger partial charge in [-0.15, -0.1) is 5.10 Å². The quantitative estimate of drug-likeness (QED) is 0.277. The summed E-state index contributed by atoms with van der Waals surface area (Å²) in [5, 5.41) is 13.9. The summed E-state index contributed by atoms with van der Waals surface area (Å²) in [6, 6.07) is 7.62. The second kappa shape index (κ2) is 6.55. The van der Waals surface area contributed by atoms with Crippen molar-refractivity contribution in [1.82, 2.24) is 5.32 Å². The molecular formula is C11H16N6S. The average molecular weight is 264 g/mol. The molecule has 0 aliphatic carbocycles. The number of anilines is 1. The van der Waals surface area contributed by atoms with Crippen LogP contribution in [0.4, 0.5) is 5.69 Å². The van der Waals surface area contributed by atoms with Crippen molar-refractivity contribution in [3.05, 3.63) is 29.8 Å². The summed E-state index contributed by atoms with van der Waals surface area (Å²) in [7, 11) is 1.75. The first-order chi connectivity index (χ1) is 8.52. The molecule has 18 heavy (non-hydrogen) atoms. The summed E-state index contributed by atoms with van der Waals surface area (Å²) in [6.07, 6.45) is 0. The third kappa shape index (κ3) is 4.38. The van der Waals surface area contributed by atoms with Gasteiger partial charge in [-0.1, -0.05) is 12.1 Å². The largest absolute Gasteiger partial charge is 0.369 e. The second-order valence-corrected chi connectivity index (χ2v) is 3.90. The van der Waals surface area contributed by atoms with Gasteiger partial charge in [0.25, 0.3) is 0 Å². The van der Waals surface area contributed by atoms with Crippen molar-refractivity contribution in [3.8, 4) is 0 Å². The molecule has 1 aromatic carbocycles. The molecule has 0 bridgehead atoms. The fourth-order valence-electron chi connectivity index (χ4n) is 1.21. The summed E-state index contributed by atoms with van der Waals surface area (Å²) in [6.45, 7) is 1.82. The van der Waals surface area contributed by atoms with Crippen molar-refractivity contribution in [3.63, 3.8) is 0 Å². The number of nitrogens with zero attached hydrogens (tertiary/aromatic N) is 2. The molecule has 0 aliphatic rings. The number of hydrogen-bond acceptors (Lipinski definition) is 3. The number of nitrogens with two attached hydrogens (primary N) is 2. The summed E-state index contributed by atoms with van der Waals surface area (Å²) < 4.78 is 0. The Labute approximate surface area is 111 Å². The predicted molar refractivity (Wildman–Crippen MR) is 79.7 cm³/mol. The minimum absolute atomic E-state index is 0.0695. The van der Waals surface area contributed by atoms with Gasteiger partial charge in [0.2, 0.25) is 5.96 Å². The zero-order valence-corrected chi connectivity index (χ0v) is 11.1. The van der Waals surface area contributed by atoms with Crippen LogP contribution in [-0.2, 0) is 0 Å². The zero-order chi connectivity index (χ0) is 13.5. The molecule has 0 saturated heterocycles. The van der Waals surface area contributed by atoms with Crippen molar-refractivity contribution in [2.45, 2.75) is 6.92 Å². The Kier molecular flexibility index (Phi) is 5.06. The Hall–Kier alpha value is -2.15. The molecular weight excluding hydrogens is 248 g/mol. The summed E-state index contributed by atoms with van der Waals surface area (Å²) in [5.41, 5.74) is 12.9. The normalized spacial score (nSPS) is 10.7. The van der Waals surface area contributed by atoms with E-state index < -0.39 is 0 Å². The third-order valence-electron chi connectivity index (χ3n) is 2.08. The molecule has 7 heteroatoms. The Morgan fingerprint density at radius 2 is 2.00 bits per heavy atom. The van der Waals surface area contributed by atoms with Crippen molar-refractivity contribution >= 4 is 34.7 Å². The maximum Gasteiger partial charge on any atom is 0.211 e. The maximum atomic E-state index is 5.22. The molecule has 1 aromatic rings. The first-order valence-electron chi connectivity index (χ1n) is 5.25. The summed E-state index contributed by atoms with van der Waals surface area (Å²) in [5.74, 6) is -0.0695. The molecule has 0 heterocycles. The van der Waals surface area contributed by atoms with Gasteiger partial charge in [-0.25, -0.2) is 0 Å². The molecule has 6 nitrogen and oxygen atoms in total. The third-order valence-corrected chi connectivity index (χ3v) is 2.39. The van der Waals surface area contributed by atoms with Crippen molar-refractivity contribution in [2.24, 2.45) is 21.7 Å². The molecule has 0 spiro atoms. The highest BCUT2D eigenvalue weighted by molar-refractivity contribution is 7.80. The van der Waals surface area contributed by atoms with Crippen molar-refractivity contribution in [2.75, 3.05) is 12.4 Å². The van der Waals surface area contributed by atoms with E-state index in [2.05, 4.69) is 20.8 Å². The van der Waals surface area contributed by atoms with E-state index in [4.69, 9.17) is 23.7 Å². The monoisotopic (exact) mass is 264 g/mol. The van der Waals surface area contributed by atoms with Gasteiger partial charge in [0.1, 0.15) is 0 Å². The highest BCUT2D eigenvalue weighted by Crippen LogP contribution is 2.11. The number of guanidine groups is 1. The van der Waals surface area contributed by atoms with Gasteiger partial charge in [-0.05, 0) is 36.8 Å². The highest BCUT2D eigenvalue weighted by Gasteiger charge is 2.00. The molecule has 0 fully saturated rings. The van der Waals surface area contributed by atoms with Crippen LogP contribution in [0.15, 0.2) is 34.5 Å². The fraction of sp³-hybridized carbons (Fsp3) is 0.182. The van der Waals surface area contributed by atoms with E-state index in [1.165, 1.54) is 0 Å². The van der Waals surface area contributed by atoms with Crippen LogP contribution < -0.4 is 22.1 Å². The fourth-order valence-corrected chi connectivity index (χ4v) is 1.32. The van der Waals surface area contributed by atoms with Crippen LogP contribution in [0.2, 0.25) is 0 Å². The molecule has 6 N–H and O–H groups in total. The molecule has 1 rings (SSSR count). The number of thiocarbonyl (C=S) groups is 1. The smallest absolute Gasteiger partial charge is 0.211 e. The van der Waals surface area contributed by atoms with Gasteiger partial charge in [0.05, 0.1) is 5.71 Å². The maximum absolute atomic E-state index is 5.22. The average Bonchev–Trinajstić information content (AvgIpc) is 2.36. The Balaban J connectivity index is 2.91. The molecule has 0 aromatic heterocycles. The number of rotatable bonds is 3. The van der Waals surface area contributed by atoms with E-state index >= 15 is 0 Å². The van der Waals surface area contributed by atoms with Gasteiger partial charge in [0, 0.05) is 12.7 Å². The minimum atomic E-state index is -0.0695. The van der Waals surface area contributed by atoms with Crippen LogP contribution in [0.25, 0.3) is 0 Å².